The van der Waals surface area contributed by atoms with E-state index < -0.39 is 0 Å². The van der Waals surface area contributed by atoms with E-state index in [0.29, 0.717) is 0 Å². The lowest BCUT2D eigenvalue weighted by Gasteiger charge is -2.30. The third-order valence-corrected chi connectivity index (χ3v) is 8.63. The molecule has 0 fully saturated rings. The number of nitrogens with zero attached hydrogens (tertiary/aromatic N) is 2. The molecule has 0 unspecified atom stereocenters. The van der Waals surface area contributed by atoms with Gasteiger partial charge in [0.05, 0.1) is 5.69 Å². The standard InChI is InChI=1S/C25H30N2S2/c1-7-25(5,6)19-8-9-20-23(29-13-12-28-20)21(19)24-26-10-11-27(24)22-17(3)14-16(2)15-18(22)4/h8-11,14-15H,7,12-13H2,1-6H3. The third kappa shape index (κ3) is 3.66. The first-order valence-electron chi connectivity index (χ1n) is 10.4. The Morgan fingerprint density at radius 1 is 1.03 bits per heavy atom. The van der Waals surface area contributed by atoms with Crippen LogP contribution in [0, 0.1) is 20.8 Å². The number of hydrogen-bond acceptors (Lipinski definition) is 3. The average molecular weight is 423 g/mol. The topological polar surface area (TPSA) is 17.8 Å². The van der Waals surface area contributed by atoms with Crippen molar-refractivity contribution in [2.45, 2.75) is 63.2 Å². The molecule has 0 saturated carbocycles. The molecule has 1 aromatic heterocycles. The second kappa shape index (κ2) is 7.88. The van der Waals surface area contributed by atoms with Gasteiger partial charge in [-0.05, 0) is 55.4 Å². The molecular formula is C25H30N2S2. The van der Waals surface area contributed by atoms with Gasteiger partial charge in [0, 0.05) is 39.3 Å². The largest absolute Gasteiger partial charge is 0.299 e. The molecule has 0 radical (unpaired) electrons. The molecule has 29 heavy (non-hydrogen) atoms. The summed E-state index contributed by atoms with van der Waals surface area (Å²) in [6.07, 6.45) is 5.18. The van der Waals surface area contributed by atoms with Crippen molar-refractivity contribution in [2.24, 2.45) is 0 Å². The zero-order chi connectivity index (χ0) is 20.8. The summed E-state index contributed by atoms with van der Waals surface area (Å²) in [5, 5.41) is 0. The van der Waals surface area contributed by atoms with Crippen molar-refractivity contribution in [1.82, 2.24) is 9.55 Å². The van der Waals surface area contributed by atoms with E-state index in [4.69, 9.17) is 4.98 Å². The lowest BCUT2D eigenvalue weighted by Crippen LogP contribution is -2.19. The molecule has 0 bridgehead atoms. The van der Waals surface area contributed by atoms with E-state index >= 15 is 0 Å². The molecule has 4 heteroatoms. The summed E-state index contributed by atoms with van der Waals surface area (Å²) in [6, 6.07) is 9.23. The summed E-state index contributed by atoms with van der Waals surface area (Å²) >= 11 is 3.97. The molecule has 1 aliphatic rings. The third-order valence-electron chi connectivity index (χ3n) is 6.06. The number of rotatable bonds is 4. The molecule has 0 atom stereocenters. The molecule has 0 saturated heterocycles. The first-order valence-corrected chi connectivity index (χ1v) is 12.4. The summed E-state index contributed by atoms with van der Waals surface area (Å²) in [6.45, 7) is 13.6. The lowest BCUT2D eigenvalue weighted by atomic mass is 9.79. The van der Waals surface area contributed by atoms with E-state index in [9.17, 15) is 0 Å². The van der Waals surface area contributed by atoms with Crippen molar-refractivity contribution in [1.29, 1.82) is 0 Å². The van der Waals surface area contributed by atoms with Crippen LogP contribution in [0.25, 0.3) is 17.1 Å². The van der Waals surface area contributed by atoms with Crippen LogP contribution in [-0.4, -0.2) is 21.1 Å². The summed E-state index contributed by atoms with van der Waals surface area (Å²) in [5.41, 5.74) is 7.99. The minimum absolute atomic E-state index is 0.0984. The fraction of sp³-hybridized carbons (Fsp3) is 0.400. The average Bonchev–Trinajstić information content (AvgIpc) is 3.15. The predicted molar refractivity (Wildman–Crippen MR) is 128 cm³/mol. The molecule has 4 rings (SSSR count). The predicted octanol–water partition coefficient (Wildman–Crippen LogP) is 7.35. The molecule has 0 N–H and O–H groups in total. The van der Waals surface area contributed by atoms with Crippen molar-refractivity contribution < 1.29 is 0 Å². The quantitative estimate of drug-likeness (QED) is 0.438. The van der Waals surface area contributed by atoms with Crippen molar-refractivity contribution in [3.05, 3.63) is 58.9 Å². The molecule has 3 aromatic rings. The number of aryl methyl sites for hydroxylation is 3. The van der Waals surface area contributed by atoms with Crippen molar-refractivity contribution >= 4 is 23.5 Å². The van der Waals surface area contributed by atoms with Crippen LogP contribution in [0.5, 0.6) is 0 Å². The fourth-order valence-corrected chi connectivity index (χ4v) is 6.71. The highest BCUT2D eigenvalue weighted by Crippen LogP contribution is 2.48. The van der Waals surface area contributed by atoms with Gasteiger partial charge in [-0.2, -0.15) is 0 Å². The Balaban J connectivity index is 2.02. The SMILES string of the molecule is CCC(C)(C)c1ccc2c(c1-c1nccn1-c1c(C)cc(C)cc1C)SCCS2. The number of fused-ring (bicyclic) bond motifs is 1. The van der Waals surface area contributed by atoms with E-state index in [1.165, 1.54) is 49.0 Å². The zero-order valence-electron chi connectivity index (χ0n) is 18.3. The van der Waals surface area contributed by atoms with Gasteiger partial charge in [0.1, 0.15) is 5.82 Å². The van der Waals surface area contributed by atoms with Crippen LogP contribution in [-0.2, 0) is 5.41 Å². The number of imidazole rings is 1. The highest BCUT2D eigenvalue weighted by atomic mass is 32.2. The maximum atomic E-state index is 4.92. The molecule has 0 amide bonds. The Morgan fingerprint density at radius 3 is 2.41 bits per heavy atom. The molecule has 152 valence electrons. The zero-order valence-corrected chi connectivity index (χ0v) is 19.9. The van der Waals surface area contributed by atoms with Crippen molar-refractivity contribution in [3.8, 4) is 17.1 Å². The molecule has 2 aromatic carbocycles. The van der Waals surface area contributed by atoms with Crippen molar-refractivity contribution in [3.63, 3.8) is 0 Å². The molecule has 1 aliphatic heterocycles. The second-order valence-corrected chi connectivity index (χ2v) is 10.9. The Hall–Kier alpha value is -1.65. The van der Waals surface area contributed by atoms with Crippen LogP contribution in [0.15, 0.2) is 46.5 Å². The van der Waals surface area contributed by atoms with Crippen LogP contribution >= 0.6 is 23.5 Å². The summed E-state index contributed by atoms with van der Waals surface area (Å²) in [7, 11) is 0. The Bertz CT molecular complexity index is 1040. The van der Waals surface area contributed by atoms with E-state index in [1.807, 2.05) is 29.7 Å². The molecule has 0 spiro atoms. The number of hydrogen-bond donors (Lipinski definition) is 0. The highest BCUT2D eigenvalue weighted by molar-refractivity contribution is 8.05. The molecule has 2 heterocycles. The minimum Gasteiger partial charge on any atom is -0.299 e. The van der Waals surface area contributed by atoms with E-state index in [1.54, 1.807) is 0 Å². The monoisotopic (exact) mass is 422 g/mol. The molecular weight excluding hydrogens is 392 g/mol. The van der Waals surface area contributed by atoms with Crippen LogP contribution in [0.4, 0.5) is 0 Å². The first kappa shape index (κ1) is 20.6. The summed E-state index contributed by atoms with van der Waals surface area (Å²) in [4.78, 5) is 7.74. The van der Waals surface area contributed by atoms with E-state index in [0.717, 1.165) is 18.0 Å². The van der Waals surface area contributed by atoms with Gasteiger partial charge in [0.2, 0.25) is 0 Å². The Kier molecular flexibility index (Phi) is 5.60. The van der Waals surface area contributed by atoms with Gasteiger partial charge in [-0.1, -0.05) is 44.5 Å². The maximum Gasteiger partial charge on any atom is 0.145 e. The summed E-state index contributed by atoms with van der Waals surface area (Å²) in [5.74, 6) is 3.41. The minimum atomic E-state index is 0.0984. The van der Waals surface area contributed by atoms with Gasteiger partial charge in [0.15, 0.2) is 0 Å². The van der Waals surface area contributed by atoms with Crippen LogP contribution in [0.1, 0.15) is 49.4 Å². The van der Waals surface area contributed by atoms with Crippen LogP contribution in [0.3, 0.4) is 0 Å². The van der Waals surface area contributed by atoms with Gasteiger partial charge < -0.3 is 0 Å². The van der Waals surface area contributed by atoms with E-state index in [-0.39, 0.29) is 5.41 Å². The van der Waals surface area contributed by atoms with Crippen LogP contribution < -0.4 is 0 Å². The number of thioether (sulfide) groups is 2. The van der Waals surface area contributed by atoms with Crippen LogP contribution in [0.2, 0.25) is 0 Å². The van der Waals surface area contributed by atoms with Gasteiger partial charge in [-0.15, -0.1) is 23.5 Å². The van der Waals surface area contributed by atoms with Gasteiger partial charge >= 0.3 is 0 Å². The molecule has 0 aliphatic carbocycles. The first-order chi connectivity index (χ1) is 13.8. The lowest BCUT2D eigenvalue weighted by molar-refractivity contribution is 0.505. The van der Waals surface area contributed by atoms with Crippen molar-refractivity contribution in [2.75, 3.05) is 11.5 Å². The number of benzene rings is 2. The maximum absolute atomic E-state index is 4.92. The van der Waals surface area contributed by atoms with Gasteiger partial charge in [-0.3, -0.25) is 4.57 Å². The van der Waals surface area contributed by atoms with Gasteiger partial charge in [0.25, 0.3) is 0 Å². The Morgan fingerprint density at radius 2 is 1.72 bits per heavy atom. The van der Waals surface area contributed by atoms with Gasteiger partial charge in [-0.25, -0.2) is 4.98 Å². The second-order valence-electron chi connectivity index (χ2n) is 8.62. The Labute approximate surface area is 183 Å². The van der Waals surface area contributed by atoms with E-state index in [2.05, 4.69) is 76.6 Å². The smallest absolute Gasteiger partial charge is 0.145 e. The number of aromatic nitrogens is 2. The summed E-state index contributed by atoms with van der Waals surface area (Å²) < 4.78 is 2.31. The highest BCUT2D eigenvalue weighted by Gasteiger charge is 2.29. The fourth-order valence-electron chi connectivity index (χ4n) is 4.31. The normalized spacial score (nSPS) is 14.1. The molecule has 2 nitrogen and oxygen atoms in total.